The van der Waals surface area contributed by atoms with Crippen molar-refractivity contribution in [2.75, 3.05) is 60.4 Å². The van der Waals surface area contributed by atoms with Crippen LogP contribution in [0.25, 0.3) is 0 Å². The molecule has 140 valence electrons. The van der Waals surface area contributed by atoms with Crippen molar-refractivity contribution in [3.05, 3.63) is 0 Å². The summed E-state index contributed by atoms with van der Waals surface area (Å²) in [4.78, 5) is 46.4. The van der Waals surface area contributed by atoms with Gasteiger partial charge in [0.05, 0.1) is 26.2 Å². The van der Waals surface area contributed by atoms with Gasteiger partial charge in [-0.2, -0.15) is 0 Å². The predicted molar refractivity (Wildman–Crippen MR) is 83.0 cm³/mol. The van der Waals surface area contributed by atoms with Crippen LogP contribution in [0.15, 0.2) is 0 Å². The molecule has 0 atom stereocenters. The minimum absolute atomic E-state index is 0.0703. The van der Waals surface area contributed by atoms with Crippen molar-refractivity contribution < 1.29 is 39.6 Å². The minimum atomic E-state index is -1.23. The minimum Gasteiger partial charge on any atom is -0.480 e. The molecule has 0 amide bonds. The molecular formula is C13H25N3O8. The first-order chi connectivity index (χ1) is 10.9. The summed E-state index contributed by atoms with van der Waals surface area (Å²) in [5.74, 6) is -4.91. The lowest BCUT2D eigenvalue weighted by Crippen LogP contribution is -2.43. The van der Waals surface area contributed by atoms with Crippen LogP contribution in [0, 0.1) is 0 Å². The molecule has 0 radical (unpaired) electrons. The van der Waals surface area contributed by atoms with Crippen LogP contribution in [0.3, 0.4) is 0 Å². The first kappa shape index (κ1) is 24.0. The van der Waals surface area contributed by atoms with Crippen molar-refractivity contribution in [1.82, 2.24) is 14.7 Å². The number of aliphatic carboxylic acids is 4. The molecule has 0 saturated heterocycles. The van der Waals surface area contributed by atoms with Crippen LogP contribution < -0.4 is 0 Å². The second-order valence-electron chi connectivity index (χ2n) is 5.34. The number of carboxylic acid groups (broad SMARTS) is 4. The van der Waals surface area contributed by atoms with E-state index in [1.807, 2.05) is 26.0 Å². The van der Waals surface area contributed by atoms with E-state index in [0.29, 0.717) is 0 Å². The van der Waals surface area contributed by atoms with E-state index in [4.69, 9.17) is 20.4 Å². The van der Waals surface area contributed by atoms with E-state index in [2.05, 4.69) is 0 Å². The largest absolute Gasteiger partial charge is 0.480 e. The predicted octanol–water partition coefficient (Wildman–Crippen LogP) is -1.89. The first-order valence-electron chi connectivity index (χ1n) is 6.86. The quantitative estimate of drug-likeness (QED) is 0.329. The van der Waals surface area contributed by atoms with Gasteiger partial charge in [0.25, 0.3) is 0 Å². The average molecular weight is 351 g/mol. The van der Waals surface area contributed by atoms with Gasteiger partial charge in [0.1, 0.15) is 0 Å². The van der Waals surface area contributed by atoms with Gasteiger partial charge < -0.3 is 25.3 Å². The number of carboxylic acids is 4. The molecule has 0 spiro atoms. The molecule has 0 aliphatic rings. The summed E-state index contributed by atoms with van der Waals surface area (Å²) >= 11 is 0. The molecule has 0 saturated carbocycles. The van der Waals surface area contributed by atoms with Gasteiger partial charge in [-0.15, -0.1) is 0 Å². The van der Waals surface area contributed by atoms with E-state index < -0.39 is 50.1 Å². The fraction of sp³-hybridized carbons (Fsp3) is 0.692. The van der Waals surface area contributed by atoms with Crippen molar-refractivity contribution in [3.8, 4) is 0 Å². The Balaban J connectivity index is 0. The van der Waals surface area contributed by atoms with E-state index >= 15 is 0 Å². The Labute approximate surface area is 139 Å². The summed E-state index contributed by atoms with van der Waals surface area (Å²) in [7, 11) is 6.00. The van der Waals surface area contributed by atoms with E-state index in [0.717, 1.165) is 9.80 Å². The third-order valence-electron chi connectivity index (χ3n) is 2.17. The zero-order valence-electron chi connectivity index (χ0n) is 14.0. The molecule has 0 aliphatic carbocycles. The van der Waals surface area contributed by atoms with Crippen molar-refractivity contribution in [1.29, 1.82) is 0 Å². The summed E-state index contributed by atoms with van der Waals surface area (Å²) < 4.78 is 0. The highest BCUT2D eigenvalue weighted by Crippen LogP contribution is 1.94. The van der Waals surface area contributed by atoms with Gasteiger partial charge in [-0.25, -0.2) is 0 Å². The maximum Gasteiger partial charge on any atom is 0.317 e. The smallest absolute Gasteiger partial charge is 0.317 e. The summed E-state index contributed by atoms with van der Waals surface area (Å²) in [5.41, 5.74) is 0. The summed E-state index contributed by atoms with van der Waals surface area (Å²) in [6.07, 6.45) is 0. The Morgan fingerprint density at radius 3 is 0.875 bits per heavy atom. The van der Waals surface area contributed by atoms with Gasteiger partial charge in [0, 0.05) is 13.1 Å². The SMILES string of the molecule is CN(C)C.O=C(O)CN(CCN(CC(=O)O)CC(=O)O)CC(=O)O. The molecule has 24 heavy (non-hydrogen) atoms. The molecule has 0 unspecified atom stereocenters. The topological polar surface area (TPSA) is 159 Å². The van der Waals surface area contributed by atoms with E-state index in [1.165, 1.54) is 0 Å². The Kier molecular flexibility index (Phi) is 13.2. The number of hydrogen-bond acceptors (Lipinski definition) is 7. The Hall–Kier alpha value is -2.24. The van der Waals surface area contributed by atoms with Crippen molar-refractivity contribution in [2.24, 2.45) is 0 Å². The fourth-order valence-corrected chi connectivity index (χ4v) is 1.48. The fourth-order valence-electron chi connectivity index (χ4n) is 1.48. The second kappa shape index (κ2) is 13.2. The number of rotatable bonds is 11. The molecule has 0 fully saturated rings. The zero-order valence-corrected chi connectivity index (χ0v) is 14.0. The third-order valence-corrected chi connectivity index (χ3v) is 2.17. The highest BCUT2D eigenvalue weighted by Gasteiger charge is 2.17. The van der Waals surface area contributed by atoms with E-state index in [9.17, 15) is 19.2 Å². The van der Waals surface area contributed by atoms with Gasteiger partial charge in [0.2, 0.25) is 0 Å². The molecule has 0 heterocycles. The summed E-state index contributed by atoms with van der Waals surface area (Å²) in [6.45, 7) is -2.25. The van der Waals surface area contributed by atoms with E-state index in [-0.39, 0.29) is 13.1 Å². The molecular weight excluding hydrogens is 326 g/mol. The van der Waals surface area contributed by atoms with Crippen LogP contribution in [0.1, 0.15) is 0 Å². The first-order valence-corrected chi connectivity index (χ1v) is 6.86. The molecule has 0 aliphatic heterocycles. The standard InChI is InChI=1S/C10H16N2O8.C3H9N/c13-7(14)3-11(4-8(15)16)1-2-12(5-9(17)18)6-10(19)20;1-4(2)3/h1-6H2,(H,13,14)(H,15,16)(H,17,18)(H,19,20);1-3H3. The second-order valence-corrected chi connectivity index (χ2v) is 5.34. The number of carbonyl (C=O) groups is 4. The summed E-state index contributed by atoms with van der Waals surface area (Å²) in [6, 6.07) is 0. The Morgan fingerprint density at radius 2 is 0.750 bits per heavy atom. The van der Waals surface area contributed by atoms with Crippen LogP contribution >= 0.6 is 0 Å². The zero-order chi connectivity index (χ0) is 19.3. The van der Waals surface area contributed by atoms with Crippen LogP contribution in [-0.2, 0) is 19.2 Å². The molecule has 0 bridgehead atoms. The Bertz CT molecular complexity index is 357. The van der Waals surface area contributed by atoms with Gasteiger partial charge in [0.15, 0.2) is 0 Å². The molecule has 0 aromatic carbocycles. The number of nitrogens with zero attached hydrogens (tertiary/aromatic N) is 3. The van der Waals surface area contributed by atoms with Crippen LogP contribution in [0.4, 0.5) is 0 Å². The highest BCUT2D eigenvalue weighted by atomic mass is 16.4. The molecule has 11 heteroatoms. The van der Waals surface area contributed by atoms with Crippen LogP contribution in [0.5, 0.6) is 0 Å². The maximum absolute atomic E-state index is 10.6. The summed E-state index contributed by atoms with van der Waals surface area (Å²) in [5, 5.41) is 34.5. The van der Waals surface area contributed by atoms with Gasteiger partial charge in [-0.05, 0) is 21.1 Å². The maximum atomic E-state index is 10.6. The molecule has 0 aromatic rings. The molecule has 4 N–H and O–H groups in total. The van der Waals surface area contributed by atoms with Crippen LogP contribution in [-0.4, -0.2) is 119 Å². The van der Waals surface area contributed by atoms with Crippen molar-refractivity contribution >= 4 is 23.9 Å². The normalized spacial score (nSPS) is 10.4. The monoisotopic (exact) mass is 351 g/mol. The lowest BCUT2D eigenvalue weighted by Gasteiger charge is -2.23. The highest BCUT2D eigenvalue weighted by molar-refractivity contribution is 5.73. The lowest BCUT2D eigenvalue weighted by molar-refractivity contribution is -0.145. The molecule has 11 nitrogen and oxygen atoms in total. The molecule has 0 aromatic heterocycles. The molecule has 0 rings (SSSR count). The average Bonchev–Trinajstić information content (AvgIpc) is 2.32. The number of hydrogen-bond donors (Lipinski definition) is 4. The van der Waals surface area contributed by atoms with Gasteiger partial charge in [-0.1, -0.05) is 0 Å². The van der Waals surface area contributed by atoms with E-state index in [1.54, 1.807) is 0 Å². The van der Waals surface area contributed by atoms with Crippen LogP contribution in [0.2, 0.25) is 0 Å². The Morgan fingerprint density at radius 1 is 0.583 bits per heavy atom. The third kappa shape index (κ3) is 19.8. The van der Waals surface area contributed by atoms with Crippen molar-refractivity contribution in [2.45, 2.75) is 0 Å². The lowest BCUT2D eigenvalue weighted by atomic mass is 10.4. The van der Waals surface area contributed by atoms with Gasteiger partial charge >= 0.3 is 23.9 Å². The van der Waals surface area contributed by atoms with Crippen molar-refractivity contribution in [3.63, 3.8) is 0 Å². The van der Waals surface area contributed by atoms with Gasteiger partial charge in [-0.3, -0.25) is 29.0 Å².